The average Bonchev–Trinajstić information content (AvgIpc) is 2.79. The molecule has 6 nitrogen and oxygen atoms in total. The zero-order valence-corrected chi connectivity index (χ0v) is 17.7. The van der Waals surface area contributed by atoms with Crippen LogP contribution in [0.2, 0.25) is 0 Å². The Hall–Kier alpha value is -3.02. The van der Waals surface area contributed by atoms with Crippen LogP contribution in [-0.4, -0.2) is 50.6 Å². The molecule has 0 saturated carbocycles. The molecule has 0 radical (unpaired) electrons. The third-order valence-corrected chi connectivity index (χ3v) is 5.57. The van der Waals surface area contributed by atoms with Crippen LogP contribution in [0.5, 0.6) is 11.5 Å². The van der Waals surface area contributed by atoms with E-state index in [-0.39, 0.29) is 17.7 Å². The summed E-state index contributed by atoms with van der Waals surface area (Å²) in [5.74, 6) is 1.66. The topological polar surface area (TPSA) is 67.9 Å². The minimum atomic E-state index is -0.144. The molecule has 1 fully saturated rings. The Morgan fingerprint density at radius 3 is 2.10 bits per heavy atom. The Morgan fingerprint density at radius 2 is 1.53 bits per heavy atom. The van der Waals surface area contributed by atoms with E-state index < -0.39 is 0 Å². The molecule has 6 heteroatoms. The van der Waals surface area contributed by atoms with Gasteiger partial charge < -0.3 is 19.7 Å². The molecule has 0 aromatic heterocycles. The number of likely N-dealkylation sites (tertiary alicyclic amines) is 1. The molecule has 1 aliphatic heterocycles. The highest BCUT2D eigenvalue weighted by Crippen LogP contribution is 2.19. The molecule has 2 aromatic carbocycles. The highest BCUT2D eigenvalue weighted by atomic mass is 16.5. The number of carbonyl (C=O) groups excluding carboxylic acids is 2. The zero-order chi connectivity index (χ0) is 21.3. The zero-order valence-electron chi connectivity index (χ0n) is 17.7. The highest BCUT2D eigenvalue weighted by Gasteiger charge is 2.29. The molecule has 1 heterocycles. The van der Waals surface area contributed by atoms with Gasteiger partial charge in [0.2, 0.25) is 11.8 Å². The van der Waals surface area contributed by atoms with Crippen LogP contribution < -0.4 is 14.8 Å². The maximum Gasteiger partial charge on any atom is 0.224 e. The maximum atomic E-state index is 12.6. The van der Waals surface area contributed by atoms with Gasteiger partial charge in [-0.1, -0.05) is 24.3 Å². The van der Waals surface area contributed by atoms with Crippen LogP contribution in [0, 0.1) is 5.92 Å². The lowest BCUT2D eigenvalue weighted by Crippen LogP contribution is -2.46. The van der Waals surface area contributed by atoms with Gasteiger partial charge in [0.05, 0.1) is 20.1 Å². The summed E-state index contributed by atoms with van der Waals surface area (Å²) >= 11 is 0. The third kappa shape index (κ3) is 5.99. The largest absolute Gasteiger partial charge is 0.497 e. The van der Waals surface area contributed by atoms with Gasteiger partial charge in [-0.15, -0.1) is 0 Å². The molecule has 1 aliphatic rings. The van der Waals surface area contributed by atoms with Gasteiger partial charge in [0.15, 0.2) is 0 Å². The number of nitrogens with zero attached hydrogens (tertiary/aromatic N) is 1. The van der Waals surface area contributed by atoms with Gasteiger partial charge in [0, 0.05) is 26.1 Å². The van der Waals surface area contributed by atoms with E-state index in [2.05, 4.69) is 5.32 Å². The van der Waals surface area contributed by atoms with Gasteiger partial charge in [-0.2, -0.15) is 0 Å². The fourth-order valence-electron chi connectivity index (χ4n) is 3.67. The first-order chi connectivity index (χ1) is 14.6. The second-order valence-corrected chi connectivity index (χ2v) is 7.56. The molecule has 0 spiro atoms. The summed E-state index contributed by atoms with van der Waals surface area (Å²) in [6.07, 6.45) is 2.58. The minimum absolute atomic E-state index is 0.0328. The number of piperidine rings is 1. The predicted octanol–water partition coefficient (Wildman–Crippen LogP) is 2.84. The number of amides is 2. The summed E-state index contributed by atoms with van der Waals surface area (Å²) in [4.78, 5) is 26.7. The number of rotatable bonds is 9. The maximum absolute atomic E-state index is 12.6. The molecule has 160 valence electrons. The lowest BCUT2D eigenvalue weighted by Gasteiger charge is -2.32. The molecule has 1 N–H and O–H groups in total. The van der Waals surface area contributed by atoms with Crippen LogP contribution in [0.25, 0.3) is 0 Å². The quantitative estimate of drug-likeness (QED) is 0.690. The van der Waals surface area contributed by atoms with E-state index in [1.165, 1.54) is 0 Å². The fraction of sp³-hybridized carbons (Fsp3) is 0.417. The molecule has 1 atom stereocenters. The van der Waals surface area contributed by atoms with Crippen LogP contribution in [0.3, 0.4) is 0 Å². The van der Waals surface area contributed by atoms with E-state index in [4.69, 9.17) is 9.47 Å². The van der Waals surface area contributed by atoms with Crippen molar-refractivity contribution in [1.82, 2.24) is 10.2 Å². The van der Waals surface area contributed by atoms with Crippen molar-refractivity contribution >= 4 is 11.8 Å². The second kappa shape index (κ2) is 10.7. The van der Waals surface area contributed by atoms with Gasteiger partial charge in [-0.05, 0) is 54.7 Å². The Morgan fingerprint density at radius 1 is 0.967 bits per heavy atom. The number of methoxy groups -OCH3 is 2. The fourth-order valence-corrected chi connectivity index (χ4v) is 3.67. The first-order valence-electron chi connectivity index (χ1n) is 10.4. The van der Waals surface area contributed by atoms with Gasteiger partial charge in [0.25, 0.3) is 0 Å². The average molecular weight is 411 g/mol. The van der Waals surface area contributed by atoms with Crippen molar-refractivity contribution in [3.63, 3.8) is 0 Å². The Kier molecular flexibility index (Phi) is 7.71. The molecular formula is C24H30N2O4. The summed E-state index contributed by atoms with van der Waals surface area (Å²) < 4.78 is 10.3. The van der Waals surface area contributed by atoms with E-state index in [9.17, 15) is 9.59 Å². The van der Waals surface area contributed by atoms with Crippen LogP contribution in [-0.2, 0) is 22.4 Å². The van der Waals surface area contributed by atoms with Gasteiger partial charge in [-0.3, -0.25) is 9.59 Å². The highest BCUT2D eigenvalue weighted by molar-refractivity contribution is 5.83. The summed E-state index contributed by atoms with van der Waals surface area (Å²) in [6, 6.07) is 15.7. The SMILES string of the molecule is COc1ccc(CCNC(=O)[C@H]2CCC(=O)N(CCc3ccc(OC)cc3)C2)cc1. The molecule has 30 heavy (non-hydrogen) atoms. The molecule has 3 rings (SSSR count). The van der Waals surface area contributed by atoms with Crippen LogP contribution in [0.4, 0.5) is 0 Å². The summed E-state index contributed by atoms with van der Waals surface area (Å²) in [5.41, 5.74) is 2.30. The Bertz CT molecular complexity index is 833. The summed E-state index contributed by atoms with van der Waals surface area (Å²) in [7, 11) is 3.29. The van der Waals surface area contributed by atoms with Crippen LogP contribution in [0.1, 0.15) is 24.0 Å². The van der Waals surface area contributed by atoms with Crippen LogP contribution in [0.15, 0.2) is 48.5 Å². The van der Waals surface area contributed by atoms with Crippen LogP contribution >= 0.6 is 0 Å². The van der Waals surface area contributed by atoms with E-state index in [0.29, 0.717) is 32.5 Å². The van der Waals surface area contributed by atoms with E-state index in [1.807, 2.05) is 53.4 Å². The smallest absolute Gasteiger partial charge is 0.224 e. The van der Waals surface area contributed by atoms with Gasteiger partial charge in [-0.25, -0.2) is 0 Å². The lowest BCUT2D eigenvalue weighted by atomic mass is 9.96. The molecule has 0 bridgehead atoms. The first kappa shape index (κ1) is 21.7. The van der Waals surface area contributed by atoms with Crippen molar-refractivity contribution in [1.29, 1.82) is 0 Å². The number of ether oxygens (including phenoxy) is 2. The lowest BCUT2D eigenvalue weighted by molar-refractivity contribution is -0.138. The van der Waals surface area contributed by atoms with E-state index in [1.54, 1.807) is 14.2 Å². The molecule has 2 aromatic rings. The molecule has 0 aliphatic carbocycles. The monoisotopic (exact) mass is 410 g/mol. The van der Waals surface area contributed by atoms with Crippen molar-refractivity contribution in [2.24, 2.45) is 5.92 Å². The van der Waals surface area contributed by atoms with Gasteiger partial charge >= 0.3 is 0 Å². The minimum Gasteiger partial charge on any atom is -0.497 e. The third-order valence-electron chi connectivity index (χ3n) is 5.57. The van der Waals surface area contributed by atoms with Crippen molar-refractivity contribution < 1.29 is 19.1 Å². The standard InChI is InChI=1S/C24H30N2O4/c1-29-21-8-3-18(4-9-21)13-15-25-24(28)20-7-12-23(27)26(17-20)16-14-19-5-10-22(30-2)11-6-19/h3-6,8-11,20H,7,12-17H2,1-2H3,(H,25,28)/t20-/m0/s1. The predicted molar refractivity (Wildman–Crippen MR) is 116 cm³/mol. The number of carbonyl (C=O) groups is 2. The van der Waals surface area contributed by atoms with Crippen molar-refractivity contribution in [2.75, 3.05) is 33.9 Å². The van der Waals surface area contributed by atoms with Crippen molar-refractivity contribution in [2.45, 2.75) is 25.7 Å². The molecule has 2 amide bonds. The van der Waals surface area contributed by atoms with Crippen molar-refractivity contribution in [3.8, 4) is 11.5 Å². The first-order valence-corrected chi connectivity index (χ1v) is 10.4. The Labute approximate surface area is 178 Å². The van der Waals surface area contributed by atoms with E-state index in [0.717, 1.165) is 35.5 Å². The normalized spacial score (nSPS) is 16.3. The number of benzene rings is 2. The summed E-state index contributed by atoms with van der Waals surface area (Å²) in [5, 5.41) is 3.03. The van der Waals surface area contributed by atoms with E-state index >= 15 is 0 Å². The molecular weight excluding hydrogens is 380 g/mol. The number of hydrogen-bond acceptors (Lipinski definition) is 4. The second-order valence-electron chi connectivity index (χ2n) is 7.56. The number of nitrogens with one attached hydrogen (secondary N) is 1. The summed E-state index contributed by atoms with van der Waals surface area (Å²) in [6.45, 7) is 1.70. The van der Waals surface area contributed by atoms with Gasteiger partial charge in [0.1, 0.15) is 11.5 Å². The molecule has 0 unspecified atom stereocenters. The molecule has 1 saturated heterocycles. The Balaban J connectivity index is 1.44. The van der Waals surface area contributed by atoms with Crippen molar-refractivity contribution in [3.05, 3.63) is 59.7 Å². The number of hydrogen-bond donors (Lipinski definition) is 1.